The van der Waals surface area contributed by atoms with Gasteiger partial charge in [0.05, 0.1) is 10.6 Å². The van der Waals surface area contributed by atoms with Crippen LogP contribution in [0.25, 0.3) is 0 Å². The topological polar surface area (TPSA) is 130 Å². The summed E-state index contributed by atoms with van der Waals surface area (Å²) < 4.78 is 52.1. The highest BCUT2D eigenvalue weighted by Crippen LogP contribution is 2.07. The van der Waals surface area contributed by atoms with Crippen LogP contribution < -0.4 is 9.44 Å². The van der Waals surface area contributed by atoms with Crippen molar-refractivity contribution < 1.29 is 26.7 Å². The highest BCUT2D eigenvalue weighted by Gasteiger charge is 2.24. The average Bonchev–Trinajstić information content (AvgIpc) is 2.51. The van der Waals surface area contributed by atoms with Gasteiger partial charge in [-0.05, 0) is 18.6 Å². The van der Waals surface area contributed by atoms with Crippen LogP contribution in [0.3, 0.4) is 0 Å². The van der Waals surface area contributed by atoms with Crippen molar-refractivity contribution in [3.8, 4) is 0 Å². The molecule has 0 aliphatic rings. The quantitative estimate of drug-likeness (QED) is 0.515. The van der Waals surface area contributed by atoms with E-state index in [1.807, 2.05) is 6.92 Å². The highest BCUT2D eigenvalue weighted by atomic mass is 32.2. The Morgan fingerprint density at radius 3 is 2.33 bits per heavy atom. The molecule has 1 aromatic rings. The van der Waals surface area contributed by atoms with E-state index >= 15 is 0 Å². The summed E-state index contributed by atoms with van der Waals surface area (Å²) in [6.45, 7) is 1.51. The molecule has 1 aromatic carbocycles. The van der Waals surface area contributed by atoms with Crippen LogP contribution in [-0.2, 0) is 24.8 Å². The predicted molar refractivity (Wildman–Crippen MR) is 89.5 cm³/mol. The summed E-state index contributed by atoms with van der Waals surface area (Å²) in [6.07, 6.45) is 1.49. The summed E-state index contributed by atoms with van der Waals surface area (Å²) >= 11 is 0. The van der Waals surface area contributed by atoms with Crippen molar-refractivity contribution in [2.45, 2.75) is 37.1 Å². The number of unbranched alkanes of at least 4 members (excludes halogenated alkanes) is 1. The molecule has 0 saturated carbocycles. The van der Waals surface area contributed by atoms with Crippen molar-refractivity contribution in [1.29, 1.82) is 0 Å². The van der Waals surface area contributed by atoms with Gasteiger partial charge in [-0.1, -0.05) is 38.0 Å². The third-order valence-electron chi connectivity index (χ3n) is 3.18. The van der Waals surface area contributed by atoms with Crippen LogP contribution in [0, 0.1) is 0 Å². The van der Waals surface area contributed by atoms with Crippen molar-refractivity contribution in [3.05, 3.63) is 30.3 Å². The number of hydrogen-bond donors (Lipinski definition) is 3. The molecule has 0 saturated heterocycles. The first-order valence-electron chi connectivity index (χ1n) is 7.45. The second-order valence-electron chi connectivity index (χ2n) is 5.18. The van der Waals surface area contributed by atoms with Gasteiger partial charge in [0.2, 0.25) is 20.0 Å². The molecule has 1 unspecified atom stereocenters. The minimum atomic E-state index is -3.92. The molecule has 0 fully saturated rings. The lowest BCUT2D eigenvalue weighted by molar-refractivity contribution is -0.139. The van der Waals surface area contributed by atoms with E-state index < -0.39 is 37.8 Å². The summed E-state index contributed by atoms with van der Waals surface area (Å²) in [5.74, 6) is -1.80. The monoisotopic (exact) mass is 378 g/mol. The smallest absolute Gasteiger partial charge is 0.321 e. The normalized spacial score (nSPS) is 13.5. The number of carbonyl (C=O) groups is 1. The lowest BCUT2D eigenvalue weighted by Gasteiger charge is -2.14. The molecule has 0 amide bonds. The van der Waals surface area contributed by atoms with E-state index in [4.69, 9.17) is 5.11 Å². The third-order valence-corrected chi connectivity index (χ3v) is 6.04. The van der Waals surface area contributed by atoms with E-state index in [2.05, 4.69) is 9.44 Å². The Balaban J connectivity index is 2.60. The molecule has 0 aliphatic heterocycles. The number of nitrogens with one attached hydrogen (secondary N) is 2. The molecule has 3 N–H and O–H groups in total. The fourth-order valence-electron chi connectivity index (χ4n) is 1.91. The number of rotatable bonds is 11. The zero-order valence-electron chi connectivity index (χ0n) is 13.3. The Morgan fingerprint density at radius 2 is 1.79 bits per heavy atom. The summed E-state index contributed by atoms with van der Waals surface area (Å²) in [6, 6.07) is 6.34. The van der Waals surface area contributed by atoms with Gasteiger partial charge in [0.15, 0.2) is 0 Å². The van der Waals surface area contributed by atoms with Gasteiger partial charge in [-0.3, -0.25) is 4.79 Å². The lowest BCUT2D eigenvalue weighted by atomic mass is 10.1. The van der Waals surface area contributed by atoms with Gasteiger partial charge in [0.1, 0.15) is 6.04 Å². The predicted octanol–water partition coefficient (Wildman–Crippen LogP) is 0.528. The molecule has 24 heavy (non-hydrogen) atoms. The maximum absolute atomic E-state index is 12.0. The van der Waals surface area contributed by atoms with Gasteiger partial charge in [0.25, 0.3) is 0 Å². The standard InChI is InChI=1S/C14H22N2O6S2/c1-2-3-9-13(14(17)18)16-23(19,20)11-10-15-24(21,22)12-7-5-4-6-8-12/h4-8,13,15-16H,2-3,9-11H2,1H3,(H,17,18). The van der Waals surface area contributed by atoms with Gasteiger partial charge < -0.3 is 5.11 Å². The molecular formula is C14H22N2O6S2. The number of hydrogen-bond acceptors (Lipinski definition) is 5. The van der Waals surface area contributed by atoms with E-state index in [1.165, 1.54) is 12.1 Å². The molecule has 0 bridgehead atoms. The van der Waals surface area contributed by atoms with Crippen molar-refractivity contribution in [3.63, 3.8) is 0 Å². The molecule has 136 valence electrons. The van der Waals surface area contributed by atoms with E-state index in [-0.39, 0.29) is 17.9 Å². The zero-order chi connectivity index (χ0) is 18.2. The fourth-order valence-corrected chi connectivity index (χ4v) is 4.23. The van der Waals surface area contributed by atoms with Crippen molar-refractivity contribution in [2.75, 3.05) is 12.3 Å². The molecule has 0 aliphatic carbocycles. The molecule has 0 heterocycles. The van der Waals surface area contributed by atoms with Gasteiger partial charge in [-0.2, -0.15) is 0 Å². The molecule has 8 nitrogen and oxygen atoms in total. The number of carboxylic acids is 1. The minimum Gasteiger partial charge on any atom is -0.480 e. The maximum Gasteiger partial charge on any atom is 0.321 e. The minimum absolute atomic E-state index is 0.0294. The van der Waals surface area contributed by atoms with Crippen LogP contribution in [0.15, 0.2) is 35.2 Å². The molecule has 10 heteroatoms. The Hall–Kier alpha value is -1.49. The van der Waals surface area contributed by atoms with Crippen LogP contribution >= 0.6 is 0 Å². The fraction of sp³-hybridized carbons (Fsp3) is 0.500. The van der Waals surface area contributed by atoms with Crippen molar-refractivity contribution >= 4 is 26.0 Å². The van der Waals surface area contributed by atoms with Gasteiger partial charge in [-0.25, -0.2) is 26.3 Å². The summed E-state index contributed by atoms with van der Waals surface area (Å²) in [5.41, 5.74) is 0. The maximum atomic E-state index is 12.0. The Kier molecular flexibility index (Phi) is 7.80. The van der Waals surface area contributed by atoms with Gasteiger partial charge in [-0.15, -0.1) is 0 Å². The summed E-state index contributed by atoms with van der Waals surface area (Å²) in [7, 11) is -7.72. The van der Waals surface area contributed by atoms with Crippen LogP contribution in [0.4, 0.5) is 0 Å². The number of sulfonamides is 2. The highest BCUT2D eigenvalue weighted by molar-refractivity contribution is 7.90. The second-order valence-corrected chi connectivity index (χ2v) is 8.82. The van der Waals surface area contributed by atoms with Crippen LogP contribution in [-0.4, -0.2) is 46.3 Å². The molecule has 0 aromatic heterocycles. The molecule has 0 radical (unpaired) electrons. The SMILES string of the molecule is CCCCC(NS(=O)(=O)CCNS(=O)(=O)c1ccccc1)C(=O)O. The third kappa shape index (κ3) is 6.95. The lowest BCUT2D eigenvalue weighted by Crippen LogP contribution is -2.43. The number of aliphatic carboxylic acids is 1. The van der Waals surface area contributed by atoms with Crippen LogP contribution in [0.2, 0.25) is 0 Å². The molecule has 0 spiro atoms. The second kappa shape index (κ2) is 9.11. The first-order chi connectivity index (χ1) is 11.2. The van der Waals surface area contributed by atoms with Crippen molar-refractivity contribution in [2.24, 2.45) is 0 Å². The zero-order valence-corrected chi connectivity index (χ0v) is 14.9. The van der Waals surface area contributed by atoms with Crippen LogP contribution in [0.5, 0.6) is 0 Å². The van der Waals surface area contributed by atoms with Gasteiger partial charge >= 0.3 is 5.97 Å². The van der Waals surface area contributed by atoms with E-state index in [9.17, 15) is 21.6 Å². The number of carboxylic acid groups (broad SMARTS) is 1. The number of benzene rings is 1. The van der Waals surface area contributed by atoms with Crippen molar-refractivity contribution in [1.82, 2.24) is 9.44 Å². The summed E-state index contributed by atoms with van der Waals surface area (Å²) in [4.78, 5) is 11.1. The van der Waals surface area contributed by atoms with Gasteiger partial charge in [0, 0.05) is 6.54 Å². The largest absolute Gasteiger partial charge is 0.480 e. The first-order valence-corrected chi connectivity index (χ1v) is 10.6. The van der Waals surface area contributed by atoms with E-state index in [0.717, 1.165) is 6.42 Å². The Morgan fingerprint density at radius 1 is 1.17 bits per heavy atom. The molecule has 1 atom stereocenters. The van der Waals surface area contributed by atoms with E-state index in [0.29, 0.717) is 6.42 Å². The van der Waals surface area contributed by atoms with E-state index in [1.54, 1.807) is 18.2 Å². The van der Waals surface area contributed by atoms with Crippen LogP contribution in [0.1, 0.15) is 26.2 Å². The average molecular weight is 378 g/mol. The Bertz CT molecular complexity index is 732. The molecule has 1 rings (SSSR count). The summed E-state index contributed by atoms with van der Waals surface area (Å²) in [5, 5.41) is 9.03. The first kappa shape index (κ1) is 20.6. The Labute approximate surface area is 142 Å². The molecular weight excluding hydrogens is 356 g/mol.